The Morgan fingerprint density at radius 3 is 2.85 bits per heavy atom. The number of amidine groups is 1. The third-order valence-corrected chi connectivity index (χ3v) is 5.02. The average molecular weight is 404 g/mol. The van der Waals surface area contributed by atoms with Crippen LogP contribution in [0.15, 0.2) is 52.4 Å². The van der Waals surface area contributed by atoms with E-state index in [0.717, 1.165) is 0 Å². The van der Waals surface area contributed by atoms with E-state index < -0.39 is 0 Å². The average Bonchev–Trinajstić information content (AvgIpc) is 2.97. The van der Waals surface area contributed by atoms with Crippen LogP contribution in [-0.2, 0) is 4.79 Å². The van der Waals surface area contributed by atoms with Crippen LogP contribution in [0.2, 0.25) is 10.0 Å². The Morgan fingerprint density at radius 1 is 1.23 bits per heavy atom. The number of aliphatic imine (C=N–C) groups is 1. The number of nitriles is 1. The molecule has 26 heavy (non-hydrogen) atoms. The van der Waals surface area contributed by atoms with Crippen LogP contribution in [0.3, 0.4) is 0 Å². The summed E-state index contributed by atoms with van der Waals surface area (Å²) in [5.74, 6) is 0.250. The lowest BCUT2D eigenvalue weighted by Gasteiger charge is -2.05. The van der Waals surface area contributed by atoms with Crippen molar-refractivity contribution in [1.29, 1.82) is 5.26 Å². The van der Waals surface area contributed by atoms with Crippen molar-refractivity contribution in [1.82, 2.24) is 5.32 Å². The molecule has 1 heterocycles. The maximum atomic E-state index is 12.2. The fourth-order valence-electron chi connectivity index (χ4n) is 2.15. The number of rotatable bonds is 4. The number of thioether (sulfide) groups is 1. The Bertz CT molecular complexity index is 967. The van der Waals surface area contributed by atoms with Gasteiger partial charge in [0.2, 0.25) is 0 Å². The van der Waals surface area contributed by atoms with Gasteiger partial charge in [0.25, 0.3) is 5.91 Å². The monoisotopic (exact) mass is 403 g/mol. The molecule has 1 N–H and O–H groups in total. The van der Waals surface area contributed by atoms with Crippen LogP contribution in [0.4, 0.5) is 5.69 Å². The fraction of sp³-hybridized carbons (Fsp3) is 0.0556. The molecule has 1 saturated heterocycles. The van der Waals surface area contributed by atoms with E-state index in [0.29, 0.717) is 37.1 Å². The van der Waals surface area contributed by atoms with E-state index in [-0.39, 0.29) is 12.5 Å². The lowest BCUT2D eigenvalue weighted by atomic mass is 10.2. The van der Waals surface area contributed by atoms with E-state index in [9.17, 15) is 4.79 Å². The highest BCUT2D eigenvalue weighted by molar-refractivity contribution is 8.18. The highest BCUT2D eigenvalue weighted by Gasteiger charge is 2.24. The predicted octanol–water partition coefficient (Wildman–Crippen LogP) is 4.79. The number of benzene rings is 2. The molecule has 0 bridgehead atoms. The molecule has 1 aliphatic rings. The number of hydrogen-bond donors (Lipinski definition) is 1. The van der Waals surface area contributed by atoms with Crippen LogP contribution >= 0.6 is 35.0 Å². The summed E-state index contributed by atoms with van der Waals surface area (Å²) in [6, 6.07) is 14.2. The third-order valence-electron chi connectivity index (χ3n) is 3.30. The first kappa shape index (κ1) is 18.3. The zero-order valence-electron chi connectivity index (χ0n) is 13.2. The Morgan fingerprint density at radius 2 is 2.04 bits per heavy atom. The van der Waals surface area contributed by atoms with Crippen molar-refractivity contribution in [3.63, 3.8) is 0 Å². The van der Waals surface area contributed by atoms with E-state index in [4.69, 9.17) is 33.2 Å². The number of ether oxygens (including phenoxy) is 1. The SMILES string of the molecule is N#CCOc1ccccc1/C=C1/SC(=Nc2cccc(Cl)c2Cl)NC1=O. The maximum absolute atomic E-state index is 12.2. The van der Waals surface area contributed by atoms with E-state index >= 15 is 0 Å². The van der Waals surface area contributed by atoms with Crippen molar-refractivity contribution in [2.24, 2.45) is 4.99 Å². The number of nitrogens with zero attached hydrogens (tertiary/aromatic N) is 2. The summed E-state index contributed by atoms with van der Waals surface area (Å²) in [7, 11) is 0. The van der Waals surface area contributed by atoms with Gasteiger partial charge in [0.05, 0.1) is 20.6 Å². The van der Waals surface area contributed by atoms with E-state index in [1.54, 1.807) is 42.5 Å². The van der Waals surface area contributed by atoms with E-state index in [2.05, 4.69) is 10.3 Å². The van der Waals surface area contributed by atoms with Crippen molar-refractivity contribution >= 4 is 57.8 Å². The number of carbonyl (C=O) groups excluding carboxylic acids is 1. The molecule has 0 aliphatic carbocycles. The first-order valence-corrected chi connectivity index (χ1v) is 8.98. The Balaban J connectivity index is 1.87. The number of carbonyl (C=O) groups is 1. The summed E-state index contributed by atoms with van der Waals surface area (Å²) in [5, 5.41) is 12.5. The molecule has 0 unspecified atom stereocenters. The zero-order valence-corrected chi connectivity index (χ0v) is 15.5. The minimum absolute atomic E-state index is 0.0699. The molecule has 0 radical (unpaired) electrons. The highest BCUT2D eigenvalue weighted by Crippen LogP contribution is 2.35. The molecule has 130 valence electrons. The lowest BCUT2D eigenvalue weighted by molar-refractivity contribution is -0.115. The van der Waals surface area contributed by atoms with Gasteiger partial charge in [0, 0.05) is 5.56 Å². The molecule has 0 aromatic heterocycles. The van der Waals surface area contributed by atoms with Gasteiger partial charge in [-0.3, -0.25) is 4.79 Å². The molecule has 1 amide bonds. The Hall–Kier alpha value is -2.46. The second-order valence-corrected chi connectivity index (χ2v) is 6.86. The molecule has 8 heteroatoms. The Kier molecular flexibility index (Phi) is 5.84. The Labute approximate surface area is 164 Å². The zero-order chi connectivity index (χ0) is 18.5. The van der Waals surface area contributed by atoms with E-state index in [1.165, 1.54) is 11.8 Å². The maximum Gasteiger partial charge on any atom is 0.264 e. The molecule has 0 atom stereocenters. The molecular formula is C18H11Cl2N3O2S. The summed E-state index contributed by atoms with van der Waals surface area (Å²) >= 11 is 13.3. The molecule has 0 spiro atoms. The summed E-state index contributed by atoms with van der Waals surface area (Å²) in [6.07, 6.45) is 1.69. The quantitative estimate of drug-likeness (QED) is 0.744. The lowest BCUT2D eigenvalue weighted by Crippen LogP contribution is -2.19. The van der Waals surface area contributed by atoms with Crippen LogP contribution < -0.4 is 10.1 Å². The molecule has 1 aliphatic heterocycles. The van der Waals surface area contributed by atoms with E-state index in [1.807, 2.05) is 12.1 Å². The van der Waals surface area contributed by atoms with Gasteiger partial charge in [-0.15, -0.1) is 0 Å². The fourth-order valence-corrected chi connectivity index (χ4v) is 3.31. The van der Waals surface area contributed by atoms with Crippen LogP contribution in [0, 0.1) is 11.3 Å². The van der Waals surface area contributed by atoms with Crippen molar-refractivity contribution in [2.45, 2.75) is 0 Å². The smallest absolute Gasteiger partial charge is 0.264 e. The molecule has 3 rings (SSSR count). The van der Waals surface area contributed by atoms with Crippen molar-refractivity contribution in [3.8, 4) is 11.8 Å². The van der Waals surface area contributed by atoms with Gasteiger partial charge < -0.3 is 10.1 Å². The second kappa shape index (κ2) is 8.28. The van der Waals surface area contributed by atoms with Crippen LogP contribution in [0.5, 0.6) is 5.75 Å². The van der Waals surface area contributed by atoms with Crippen molar-refractivity contribution in [3.05, 3.63) is 63.0 Å². The normalized spacial score (nSPS) is 16.6. The number of hydrogen-bond acceptors (Lipinski definition) is 5. The van der Waals surface area contributed by atoms with Gasteiger partial charge in [-0.1, -0.05) is 47.5 Å². The van der Waals surface area contributed by atoms with Gasteiger partial charge in [-0.05, 0) is 36.0 Å². The standard InChI is InChI=1S/C18H11Cl2N3O2S/c19-12-5-3-6-13(16(12)20)22-18-23-17(24)15(26-18)10-11-4-1-2-7-14(11)25-9-8-21/h1-7,10H,9H2,(H,22,23,24)/b15-10+. The van der Waals surface area contributed by atoms with Crippen molar-refractivity contribution in [2.75, 3.05) is 6.61 Å². The van der Waals surface area contributed by atoms with Crippen LogP contribution in [-0.4, -0.2) is 17.7 Å². The summed E-state index contributed by atoms with van der Waals surface area (Å²) in [5.41, 5.74) is 1.17. The summed E-state index contributed by atoms with van der Waals surface area (Å²) in [6.45, 7) is -0.0699. The first-order valence-electron chi connectivity index (χ1n) is 7.41. The molecule has 2 aromatic carbocycles. The van der Waals surface area contributed by atoms with Gasteiger partial charge in [0.1, 0.15) is 11.8 Å². The summed E-state index contributed by atoms with van der Waals surface area (Å²) < 4.78 is 5.37. The molecule has 1 fully saturated rings. The van der Waals surface area contributed by atoms with Gasteiger partial charge >= 0.3 is 0 Å². The molecule has 0 saturated carbocycles. The van der Waals surface area contributed by atoms with Crippen LogP contribution in [0.25, 0.3) is 6.08 Å². The topological polar surface area (TPSA) is 74.5 Å². The predicted molar refractivity (Wildman–Crippen MR) is 105 cm³/mol. The highest BCUT2D eigenvalue weighted by atomic mass is 35.5. The van der Waals surface area contributed by atoms with Crippen LogP contribution in [0.1, 0.15) is 5.56 Å². The van der Waals surface area contributed by atoms with Gasteiger partial charge in [-0.25, -0.2) is 4.99 Å². The molecule has 2 aromatic rings. The largest absolute Gasteiger partial charge is 0.478 e. The first-order chi connectivity index (χ1) is 12.6. The number of nitrogens with one attached hydrogen (secondary N) is 1. The molecule has 5 nitrogen and oxygen atoms in total. The van der Waals surface area contributed by atoms with Crippen molar-refractivity contribution < 1.29 is 9.53 Å². The van der Waals surface area contributed by atoms with Gasteiger partial charge in [-0.2, -0.15) is 5.26 Å². The number of para-hydroxylation sites is 1. The third kappa shape index (κ3) is 4.20. The second-order valence-electron chi connectivity index (χ2n) is 5.04. The summed E-state index contributed by atoms with van der Waals surface area (Å²) in [4.78, 5) is 17.0. The number of amides is 1. The molecular weight excluding hydrogens is 393 g/mol. The minimum atomic E-state index is -0.276. The number of halogens is 2. The minimum Gasteiger partial charge on any atom is -0.478 e. The van der Waals surface area contributed by atoms with Gasteiger partial charge in [0.15, 0.2) is 11.8 Å².